The number of carbonyl (C=O) groups excluding carboxylic acids is 1. The molecule has 16 heavy (non-hydrogen) atoms. The quantitative estimate of drug-likeness (QED) is 0.737. The summed E-state index contributed by atoms with van der Waals surface area (Å²) in [6, 6.07) is 6.33. The molecule has 1 saturated heterocycles. The van der Waals surface area contributed by atoms with Crippen molar-refractivity contribution >= 4 is 11.8 Å². The van der Waals surface area contributed by atoms with E-state index in [1.165, 1.54) is 0 Å². The number of cyclic esters (lactones) is 1. The van der Waals surface area contributed by atoms with Gasteiger partial charge in [0.05, 0.1) is 19.2 Å². The molecule has 1 aromatic carbocycles. The number of ether oxygens (including phenoxy) is 1. The molecule has 1 aromatic rings. The van der Waals surface area contributed by atoms with Crippen molar-refractivity contribution in [3.8, 4) is 0 Å². The van der Waals surface area contributed by atoms with Crippen molar-refractivity contribution in [2.45, 2.75) is 12.1 Å². The number of rotatable bonds is 2. The maximum absolute atomic E-state index is 11.0. The smallest absolute Gasteiger partial charge is 0.408 e. The third kappa shape index (κ3) is 1.83. The standard InChI is InChI=1S/C11H10N2O3/c1-12-8-4-2-7(3-5-8)10-9(6-14)13-11(15)16-10/h2-5,9-10,14H,6H2,(H,13,15). The highest BCUT2D eigenvalue weighted by molar-refractivity contribution is 5.70. The number of amides is 1. The Balaban J connectivity index is 2.23. The van der Waals surface area contributed by atoms with Crippen molar-refractivity contribution in [1.29, 1.82) is 0 Å². The minimum Gasteiger partial charge on any atom is -0.439 e. The van der Waals surface area contributed by atoms with Gasteiger partial charge in [0.2, 0.25) is 0 Å². The Morgan fingerprint density at radius 1 is 1.44 bits per heavy atom. The summed E-state index contributed by atoms with van der Waals surface area (Å²) in [5.74, 6) is 0. The fraction of sp³-hybridized carbons (Fsp3) is 0.273. The Bertz CT molecular complexity index is 436. The molecule has 2 rings (SSSR count). The van der Waals surface area contributed by atoms with Gasteiger partial charge in [-0.1, -0.05) is 24.3 Å². The second-order valence-corrected chi connectivity index (χ2v) is 3.46. The second kappa shape index (κ2) is 4.21. The average molecular weight is 218 g/mol. The van der Waals surface area contributed by atoms with Gasteiger partial charge >= 0.3 is 6.09 Å². The van der Waals surface area contributed by atoms with E-state index in [0.29, 0.717) is 5.69 Å². The molecule has 1 heterocycles. The number of hydrogen-bond acceptors (Lipinski definition) is 3. The van der Waals surface area contributed by atoms with Crippen molar-refractivity contribution < 1.29 is 14.6 Å². The van der Waals surface area contributed by atoms with Gasteiger partial charge in [0, 0.05) is 0 Å². The molecule has 2 atom stereocenters. The Hall–Kier alpha value is -2.06. The highest BCUT2D eigenvalue weighted by Crippen LogP contribution is 2.27. The van der Waals surface area contributed by atoms with E-state index in [1.54, 1.807) is 24.3 Å². The summed E-state index contributed by atoms with van der Waals surface area (Å²) in [5.41, 5.74) is 1.30. The molecule has 1 aliphatic heterocycles. The predicted octanol–water partition coefficient (Wildman–Crippen LogP) is 1.38. The van der Waals surface area contributed by atoms with Crippen LogP contribution in [0.2, 0.25) is 0 Å². The Morgan fingerprint density at radius 3 is 2.69 bits per heavy atom. The number of aliphatic hydroxyl groups excluding tert-OH is 1. The number of aliphatic hydroxyl groups is 1. The number of benzene rings is 1. The fourth-order valence-corrected chi connectivity index (χ4v) is 1.64. The summed E-state index contributed by atoms with van der Waals surface area (Å²) < 4.78 is 5.04. The van der Waals surface area contributed by atoms with Gasteiger partial charge in [-0.15, -0.1) is 0 Å². The van der Waals surface area contributed by atoms with Crippen LogP contribution in [0, 0.1) is 6.57 Å². The molecular weight excluding hydrogens is 208 g/mol. The highest BCUT2D eigenvalue weighted by atomic mass is 16.6. The first kappa shape index (κ1) is 10.5. The van der Waals surface area contributed by atoms with Gasteiger partial charge in [0.15, 0.2) is 11.8 Å². The Morgan fingerprint density at radius 2 is 2.12 bits per heavy atom. The maximum Gasteiger partial charge on any atom is 0.408 e. The second-order valence-electron chi connectivity index (χ2n) is 3.46. The molecule has 1 aliphatic rings. The van der Waals surface area contributed by atoms with Crippen LogP contribution < -0.4 is 5.32 Å². The summed E-state index contributed by atoms with van der Waals surface area (Å²) in [7, 11) is 0. The Labute approximate surface area is 92.5 Å². The van der Waals surface area contributed by atoms with E-state index in [0.717, 1.165) is 5.56 Å². The predicted molar refractivity (Wildman–Crippen MR) is 55.9 cm³/mol. The molecular formula is C11H10N2O3. The third-order valence-electron chi connectivity index (χ3n) is 2.45. The van der Waals surface area contributed by atoms with Crippen molar-refractivity contribution in [2.24, 2.45) is 0 Å². The zero-order valence-electron chi connectivity index (χ0n) is 8.38. The van der Waals surface area contributed by atoms with E-state index in [9.17, 15) is 4.79 Å². The molecule has 5 nitrogen and oxygen atoms in total. The van der Waals surface area contributed by atoms with E-state index < -0.39 is 18.2 Å². The molecule has 0 saturated carbocycles. The first-order valence-electron chi connectivity index (χ1n) is 4.80. The minimum atomic E-state index is -0.529. The molecule has 0 bridgehead atoms. The summed E-state index contributed by atoms with van der Waals surface area (Å²) in [4.78, 5) is 14.3. The molecule has 2 N–H and O–H groups in total. The molecule has 0 spiro atoms. The number of alkyl carbamates (subject to hydrolysis) is 1. The van der Waals surface area contributed by atoms with Gasteiger partial charge in [-0.3, -0.25) is 0 Å². The van der Waals surface area contributed by atoms with E-state index >= 15 is 0 Å². The van der Waals surface area contributed by atoms with Gasteiger partial charge in [-0.2, -0.15) is 0 Å². The van der Waals surface area contributed by atoms with Crippen LogP contribution in [0.1, 0.15) is 11.7 Å². The molecule has 0 aromatic heterocycles. The zero-order valence-corrected chi connectivity index (χ0v) is 8.38. The van der Waals surface area contributed by atoms with Gasteiger partial charge in [0.25, 0.3) is 0 Å². The minimum absolute atomic E-state index is 0.180. The summed E-state index contributed by atoms with van der Waals surface area (Å²) in [5, 5.41) is 11.6. The van der Waals surface area contributed by atoms with Crippen LogP contribution in [0.5, 0.6) is 0 Å². The first-order valence-corrected chi connectivity index (χ1v) is 4.80. The Kier molecular flexibility index (Phi) is 2.75. The summed E-state index contributed by atoms with van der Waals surface area (Å²) in [6.07, 6.45) is -1.02. The van der Waals surface area contributed by atoms with Crippen molar-refractivity contribution in [3.05, 3.63) is 41.2 Å². The lowest BCUT2D eigenvalue weighted by molar-refractivity contribution is 0.119. The zero-order chi connectivity index (χ0) is 11.5. The summed E-state index contributed by atoms with van der Waals surface area (Å²) in [6.45, 7) is 6.64. The monoisotopic (exact) mass is 218 g/mol. The largest absolute Gasteiger partial charge is 0.439 e. The van der Waals surface area contributed by atoms with Crippen LogP contribution in [0.15, 0.2) is 24.3 Å². The van der Waals surface area contributed by atoms with Crippen LogP contribution in [0.3, 0.4) is 0 Å². The van der Waals surface area contributed by atoms with E-state index in [2.05, 4.69) is 10.2 Å². The van der Waals surface area contributed by atoms with Gasteiger partial charge < -0.3 is 15.2 Å². The molecule has 5 heteroatoms. The molecule has 0 aliphatic carbocycles. The fourth-order valence-electron chi connectivity index (χ4n) is 1.64. The van der Waals surface area contributed by atoms with Crippen LogP contribution in [0.25, 0.3) is 4.85 Å². The lowest BCUT2D eigenvalue weighted by Gasteiger charge is -2.14. The normalized spacial score (nSPS) is 23.4. The average Bonchev–Trinajstić information content (AvgIpc) is 2.70. The number of nitrogens with one attached hydrogen (secondary N) is 1. The number of hydrogen-bond donors (Lipinski definition) is 2. The molecule has 1 amide bonds. The summed E-state index contributed by atoms with van der Waals surface area (Å²) >= 11 is 0. The van der Waals surface area contributed by atoms with Crippen LogP contribution in [0.4, 0.5) is 10.5 Å². The van der Waals surface area contributed by atoms with Gasteiger partial charge in [-0.25, -0.2) is 9.64 Å². The van der Waals surface area contributed by atoms with Crippen molar-refractivity contribution in [3.63, 3.8) is 0 Å². The third-order valence-corrected chi connectivity index (χ3v) is 2.45. The van der Waals surface area contributed by atoms with E-state index in [1.807, 2.05) is 0 Å². The lowest BCUT2D eigenvalue weighted by Crippen LogP contribution is -2.31. The van der Waals surface area contributed by atoms with Crippen LogP contribution in [-0.2, 0) is 4.74 Å². The van der Waals surface area contributed by atoms with E-state index in [4.69, 9.17) is 16.4 Å². The number of nitrogens with zero attached hydrogens (tertiary/aromatic N) is 1. The lowest BCUT2D eigenvalue weighted by atomic mass is 10.0. The van der Waals surface area contributed by atoms with Gasteiger partial charge in [0.1, 0.15) is 0 Å². The highest BCUT2D eigenvalue weighted by Gasteiger charge is 2.34. The molecule has 82 valence electrons. The van der Waals surface area contributed by atoms with Crippen molar-refractivity contribution in [1.82, 2.24) is 5.32 Å². The van der Waals surface area contributed by atoms with E-state index in [-0.39, 0.29) is 6.61 Å². The van der Waals surface area contributed by atoms with Crippen molar-refractivity contribution in [2.75, 3.05) is 6.61 Å². The number of carbonyl (C=O) groups is 1. The van der Waals surface area contributed by atoms with Gasteiger partial charge in [-0.05, 0) is 5.56 Å². The SMILES string of the molecule is [C-]#[N+]c1ccc(C2OC(=O)NC2CO)cc1. The molecule has 0 radical (unpaired) electrons. The van der Waals surface area contributed by atoms with Crippen LogP contribution in [-0.4, -0.2) is 23.8 Å². The topological polar surface area (TPSA) is 62.9 Å². The first-order chi connectivity index (χ1) is 7.74. The maximum atomic E-state index is 11.0. The molecule has 1 fully saturated rings. The molecule has 2 unspecified atom stereocenters. The van der Waals surface area contributed by atoms with Crippen LogP contribution >= 0.6 is 0 Å².